The maximum atomic E-state index is 14.1. The molecule has 2 aromatic rings. The van der Waals surface area contributed by atoms with Crippen LogP contribution in [0, 0.1) is 11.6 Å². The first-order valence-electron chi connectivity index (χ1n) is 6.80. The van der Waals surface area contributed by atoms with Crippen LogP contribution in [0.15, 0.2) is 30.3 Å². The molecule has 0 aliphatic carbocycles. The molecular formula is C16H11F2NO3. The Balaban J connectivity index is 1.88. The predicted octanol–water partition coefficient (Wildman–Crippen LogP) is 3.17. The number of nitrogens with one attached hydrogen (secondary N) is 1. The second-order valence-corrected chi connectivity index (χ2v) is 5.26. The van der Waals surface area contributed by atoms with E-state index in [9.17, 15) is 13.6 Å². The standard InChI is InChI=1S/C16H11F2NO3/c17-8-1-2-12(18)10(3-8)9-5-16(20)19-13-6-15-14(4-11(9)13)21-7-22-15/h1-4,6,9H,5,7H2,(H,19,20)/t9-/m1/s1. The summed E-state index contributed by atoms with van der Waals surface area (Å²) in [4.78, 5) is 11.9. The first-order valence-corrected chi connectivity index (χ1v) is 6.80. The molecule has 0 bridgehead atoms. The van der Waals surface area contributed by atoms with E-state index in [4.69, 9.17) is 9.47 Å². The van der Waals surface area contributed by atoms with Gasteiger partial charge in [0.05, 0.1) is 0 Å². The monoisotopic (exact) mass is 303 g/mol. The van der Waals surface area contributed by atoms with Gasteiger partial charge >= 0.3 is 0 Å². The maximum Gasteiger partial charge on any atom is 0.231 e. The first-order chi connectivity index (χ1) is 10.6. The van der Waals surface area contributed by atoms with E-state index in [0.717, 1.165) is 18.2 Å². The molecule has 0 spiro atoms. The summed E-state index contributed by atoms with van der Waals surface area (Å²) in [6, 6.07) is 6.63. The lowest BCUT2D eigenvalue weighted by Gasteiger charge is -2.26. The van der Waals surface area contributed by atoms with Crippen molar-refractivity contribution in [3.8, 4) is 11.5 Å². The van der Waals surface area contributed by atoms with E-state index in [1.165, 1.54) is 0 Å². The van der Waals surface area contributed by atoms with E-state index < -0.39 is 17.6 Å². The zero-order chi connectivity index (χ0) is 15.3. The Morgan fingerprint density at radius 1 is 1.05 bits per heavy atom. The molecule has 0 saturated carbocycles. The molecule has 22 heavy (non-hydrogen) atoms. The molecule has 0 fully saturated rings. The molecule has 1 N–H and O–H groups in total. The van der Waals surface area contributed by atoms with Crippen LogP contribution in [0.1, 0.15) is 23.5 Å². The van der Waals surface area contributed by atoms with Crippen LogP contribution in [0.25, 0.3) is 0 Å². The van der Waals surface area contributed by atoms with Crippen LogP contribution in [-0.4, -0.2) is 12.7 Å². The third kappa shape index (κ3) is 1.99. The van der Waals surface area contributed by atoms with Gasteiger partial charge in [-0.25, -0.2) is 8.78 Å². The number of halogens is 2. The van der Waals surface area contributed by atoms with Gasteiger partial charge in [-0.15, -0.1) is 0 Å². The van der Waals surface area contributed by atoms with Crippen molar-refractivity contribution in [1.29, 1.82) is 0 Å². The van der Waals surface area contributed by atoms with E-state index in [1.54, 1.807) is 12.1 Å². The van der Waals surface area contributed by atoms with Crippen molar-refractivity contribution >= 4 is 11.6 Å². The SMILES string of the molecule is O=C1C[C@H](c2cc(F)ccc2F)c2cc3c(cc2N1)OCO3. The molecule has 2 aromatic carbocycles. The molecule has 6 heteroatoms. The van der Waals surface area contributed by atoms with Crippen LogP contribution < -0.4 is 14.8 Å². The van der Waals surface area contributed by atoms with E-state index >= 15 is 0 Å². The molecule has 1 amide bonds. The Bertz CT molecular complexity index is 791. The van der Waals surface area contributed by atoms with E-state index in [-0.39, 0.29) is 24.7 Å². The highest BCUT2D eigenvalue weighted by Gasteiger charge is 2.31. The predicted molar refractivity (Wildman–Crippen MR) is 74.0 cm³/mol. The smallest absolute Gasteiger partial charge is 0.231 e. The number of amides is 1. The van der Waals surface area contributed by atoms with E-state index in [1.807, 2.05) is 0 Å². The topological polar surface area (TPSA) is 47.6 Å². The van der Waals surface area contributed by atoms with Crippen molar-refractivity contribution in [3.05, 3.63) is 53.1 Å². The van der Waals surface area contributed by atoms with Crippen LogP contribution in [-0.2, 0) is 4.79 Å². The van der Waals surface area contributed by atoms with E-state index in [2.05, 4.69) is 5.32 Å². The van der Waals surface area contributed by atoms with Crippen LogP contribution in [0.2, 0.25) is 0 Å². The number of hydrogen-bond acceptors (Lipinski definition) is 3. The summed E-state index contributed by atoms with van der Waals surface area (Å²) < 4.78 is 38.2. The summed E-state index contributed by atoms with van der Waals surface area (Å²) in [6.07, 6.45) is 0.0486. The highest BCUT2D eigenvalue weighted by atomic mass is 19.1. The van der Waals surface area contributed by atoms with Gasteiger partial charge in [-0.1, -0.05) is 0 Å². The summed E-state index contributed by atoms with van der Waals surface area (Å²) in [5.74, 6) is -0.820. The summed E-state index contributed by atoms with van der Waals surface area (Å²) in [7, 11) is 0. The Hall–Kier alpha value is -2.63. The number of benzene rings is 2. The summed E-state index contributed by atoms with van der Waals surface area (Å²) in [5, 5.41) is 2.73. The fourth-order valence-electron chi connectivity index (χ4n) is 2.91. The lowest BCUT2D eigenvalue weighted by molar-refractivity contribution is -0.116. The zero-order valence-corrected chi connectivity index (χ0v) is 11.4. The van der Waals surface area contributed by atoms with Gasteiger partial charge < -0.3 is 14.8 Å². The fraction of sp³-hybridized carbons (Fsp3) is 0.188. The van der Waals surface area contributed by atoms with Crippen molar-refractivity contribution in [2.24, 2.45) is 0 Å². The highest BCUT2D eigenvalue weighted by molar-refractivity contribution is 5.96. The van der Waals surface area contributed by atoms with Gasteiger partial charge in [0.1, 0.15) is 11.6 Å². The summed E-state index contributed by atoms with van der Waals surface area (Å²) in [6.45, 7) is 0.102. The van der Waals surface area contributed by atoms with Gasteiger partial charge in [-0.3, -0.25) is 4.79 Å². The van der Waals surface area contributed by atoms with Crippen LogP contribution in [0.4, 0.5) is 14.5 Å². The molecule has 1 atom stereocenters. The van der Waals surface area contributed by atoms with Gasteiger partial charge in [0, 0.05) is 24.1 Å². The Labute approximate surface area is 124 Å². The molecule has 2 aliphatic heterocycles. The first kappa shape index (κ1) is 13.1. The fourth-order valence-corrected chi connectivity index (χ4v) is 2.91. The van der Waals surface area contributed by atoms with Crippen LogP contribution >= 0.6 is 0 Å². The largest absolute Gasteiger partial charge is 0.454 e. The number of anilines is 1. The Morgan fingerprint density at radius 3 is 2.64 bits per heavy atom. The van der Waals surface area contributed by atoms with Crippen molar-refractivity contribution in [1.82, 2.24) is 0 Å². The molecule has 2 heterocycles. The normalized spacial score (nSPS) is 18.8. The van der Waals surface area contributed by atoms with Crippen LogP contribution in [0.3, 0.4) is 0 Å². The molecule has 0 aromatic heterocycles. The number of ether oxygens (including phenoxy) is 2. The second kappa shape index (κ2) is 4.69. The quantitative estimate of drug-likeness (QED) is 0.880. The third-order valence-corrected chi connectivity index (χ3v) is 3.92. The van der Waals surface area contributed by atoms with Gasteiger partial charge in [0.25, 0.3) is 0 Å². The van der Waals surface area contributed by atoms with E-state index in [0.29, 0.717) is 22.7 Å². The van der Waals surface area contributed by atoms with Gasteiger partial charge in [0.2, 0.25) is 12.7 Å². The van der Waals surface area contributed by atoms with Crippen molar-refractivity contribution in [3.63, 3.8) is 0 Å². The van der Waals surface area contributed by atoms with Crippen molar-refractivity contribution in [2.75, 3.05) is 12.1 Å². The van der Waals surface area contributed by atoms with Crippen LogP contribution in [0.5, 0.6) is 11.5 Å². The Morgan fingerprint density at radius 2 is 1.82 bits per heavy atom. The molecular weight excluding hydrogens is 292 g/mol. The molecule has 0 saturated heterocycles. The number of carbonyl (C=O) groups is 1. The molecule has 2 aliphatic rings. The maximum absolute atomic E-state index is 14.1. The van der Waals surface area contributed by atoms with Crippen molar-refractivity contribution < 1.29 is 23.0 Å². The molecule has 112 valence electrons. The zero-order valence-electron chi connectivity index (χ0n) is 11.4. The minimum atomic E-state index is -0.561. The number of rotatable bonds is 1. The average molecular weight is 303 g/mol. The van der Waals surface area contributed by atoms with Gasteiger partial charge in [0.15, 0.2) is 11.5 Å². The molecule has 4 rings (SSSR count). The highest BCUT2D eigenvalue weighted by Crippen LogP contribution is 2.45. The lowest BCUT2D eigenvalue weighted by Crippen LogP contribution is -2.24. The summed E-state index contributed by atoms with van der Waals surface area (Å²) >= 11 is 0. The molecule has 0 radical (unpaired) electrons. The van der Waals surface area contributed by atoms with Gasteiger partial charge in [-0.2, -0.15) is 0 Å². The summed E-state index contributed by atoms with van der Waals surface area (Å²) in [5.41, 5.74) is 1.39. The number of carbonyl (C=O) groups excluding carboxylic acids is 1. The molecule has 4 nitrogen and oxygen atoms in total. The number of hydrogen-bond donors (Lipinski definition) is 1. The Kier molecular flexibility index (Phi) is 2.79. The minimum absolute atomic E-state index is 0.0486. The molecule has 0 unspecified atom stereocenters. The second-order valence-electron chi connectivity index (χ2n) is 5.26. The third-order valence-electron chi connectivity index (χ3n) is 3.92. The van der Waals surface area contributed by atoms with Gasteiger partial charge in [-0.05, 0) is 35.4 Å². The lowest BCUT2D eigenvalue weighted by atomic mass is 9.84. The average Bonchev–Trinajstić information content (AvgIpc) is 2.94. The number of fused-ring (bicyclic) bond motifs is 2. The van der Waals surface area contributed by atoms with Crippen molar-refractivity contribution in [2.45, 2.75) is 12.3 Å². The minimum Gasteiger partial charge on any atom is -0.454 e.